The van der Waals surface area contributed by atoms with Crippen LogP contribution in [0.1, 0.15) is 12.7 Å². The van der Waals surface area contributed by atoms with E-state index in [1.165, 1.54) is 6.33 Å². The topological polar surface area (TPSA) is 86.1 Å². The first-order valence-corrected chi connectivity index (χ1v) is 5.52. The lowest BCUT2D eigenvalue weighted by Crippen LogP contribution is -2.20. The summed E-state index contributed by atoms with van der Waals surface area (Å²) in [5, 5.41) is 13.9. The van der Waals surface area contributed by atoms with Crippen molar-refractivity contribution in [2.24, 2.45) is 7.05 Å². The van der Waals surface area contributed by atoms with E-state index in [2.05, 4.69) is 10.3 Å². The molecule has 1 atom stereocenters. The maximum Gasteiger partial charge on any atom is 0.406 e. The summed E-state index contributed by atoms with van der Waals surface area (Å²) in [6, 6.07) is 3.69. The summed E-state index contributed by atoms with van der Waals surface area (Å²) in [6.45, 7) is 1.93. The molecule has 0 bridgehead atoms. The van der Waals surface area contributed by atoms with Gasteiger partial charge < -0.3 is 19.8 Å². The molecule has 2 heterocycles. The highest BCUT2D eigenvalue weighted by Gasteiger charge is 2.21. The van der Waals surface area contributed by atoms with E-state index in [1.807, 2.05) is 19.1 Å². The standard InChI is InChI=1S/C11H14N4O3/c1-8(6-9-4-3-5-18-9)13-11-10(15(16)17)12-7-14(11)2/h3-5,7-8,13H,6H2,1-2H3. The van der Waals surface area contributed by atoms with Crippen molar-refractivity contribution < 1.29 is 9.34 Å². The van der Waals surface area contributed by atoms with Gasteiger partial charge in [-0.3, -0.25) is 4.57 Å². The first-order chi connectivity index (χ1) is 8.58. The lowest BCUT2D eigenvalue weighted by molar-refractivity contribution is -0.388. The van der Waals surface area contributed by atoms with Gasteiger partial charge in [0, 0.05) is 19.5 Å². The maximum absolute atomic E-state index is 10.8. The second-order valence-corrected chi connectivity index (χ2v) is 4.11. The molecule has 0 amide bonds. The fraction of sp³-hybridized carbons (Fsp3) is 0.364. The Morgan fingerprint density at radius 2 is 2.44 bits per heavy atom. The third-order valence-electron chi connectivity index (χ3n) is 2.56. The Hall–Kier alpha value is -2.31. The molecule has 7 nitrogen and oxygen atoms in total. The first-order valence-electron chi connectivity index (χ1n) is 5.52. The maximum atomic E-state index is 10.8. The molecule has 1 N–H and O–H groups in total. The lowest BCUT2D eigenvalue weighted by Gasteiger charge is -2.13. The molecule has 0 radical (unpaired) electrons. The zero-order chi connectivity index (χ0) is 13.1. The Kier molecular flexibility index (Phi) is 3.31. The van der Waals surface area contributed by atoms with E-state index in [1.54, 1.807) is 17.9 Å². The van der Waals surface area contributed by atoms with E-state index < -0.39 is 4.92 Å². The van der Waals surface area contributed by atoms with Gasteiger partial charge in [-0.25, -0.2) is 0 Å². The number of rotatable bonds is 5. The fourth-order valence-corrected chi connectivity index (χ4v) is 1.73. The molecular weight excluding hydrogens is 236 g/mol. The molecule has 2 aromatic rings. The number of imidazole rings is 1. The second kappa shape index (κ2) is 4.91. The summed E-state index contributed by atoms with van der Waals surface area (Å²) in [5.41, 5.74) is 0. The zero-order valence-electron chi connectivity index (χ0n) is 10.2. The van der Waals surface area contributed by atoms with Crippen LogP contribution in [-0.4, -0.2) is 20.5 Å². The van der Waals surface area contributed by atoms with E-state index in [-0.39, 0.29) is 11.9 Å². The van der Waals surface area contributed by atoms with Crippen molar-refractivity contribution in [2.45, 2.75) is 19.4 Å². The average molecular weight is 250 g/mol. The number of nitro groups is 1. The van der Waals surface area contributed by atoms with Gasteiger partial charge in [0.05, 0.1) is 6.26 Å². The number of aryl methyl sites for hydroxylation is 1. The molecule has 2 rings (SSSR count). The first kappa shape index (κ1) is 12.2. The zero-order valence-corrected chi connectivity index (χ0v) is 10.2. The highest BCUT2D eigenvalue weighted by molar-refractivity contribution is 5.52. The Labute approximate surface area is 104 Å². The van der Waals surface area contributed by atoms with Crippen LogP contribution in [0, 0.1) is 10.1 Å². The van der Waals surface area contributed by atoms with E-state index in [0.29, 0.717) is 12.2 Å². The lowest BCUT2D eigenvalue weighted by atomic mass is 10.2. The number of nitrogens with zero attached hydrogens (tertiary/aromatic N) is 3. The molecular formula is C11H14N4O3. The van der Waals surface area contributed by atoms with Gasteiger partial charge in [-0.15, -0.1) is 0 Å². The van der Waals surface area contributed by atoms with Crippen LogP contribution in [0.3, 0.4) is 0 Å². The van der Waals surface area contributed by atoms with E-state index in [0.717, 1.165) is 5.76 Å². The van der Waals surface area contributed by atoms with Crippen molar-refractivity contribution >= 4 is 11.6 Å². The van der Waals surface area contributed by atoms with Crippen molar-refractivity contribution in [1.82, 2.24) is 9.55 Å². The molecule has 2 aromatic heterocycles. The molecule has 0 aliphatic heterocycles. The summed E-state index contributed by atoms with van der Waals surface area (Å²) in [4.78, 5) is 14.0. The predicted octanol–water partition coefficient (Wildman–Crippen LogP) is 1.96. The molecule has 18 heavy (non-hydrogen) atoms. The Balaban J connectivity index is 2.09. The summed E-state index contributed by atoms with van der Waals surface area (Å²) in [5.74, 6) is 1.07. The third kappa shape index (κ3) is 2.50. The minimum Gasteiger partial charge on any atom is -0.469 e. The number of hydrogen-bond acceptors (Lipinski definition) is 5. The normalized spacial score (nSPS) is 12.3. The Bertz CT molecular complexity index is 532. The molecule has 0 aromatic carbocycles. The second-order valence-electron chi connectivity index (χ2n) is 4.11. The molecule has 96 valence electrons. The molecule has 0 aliphatic carbocycles. The van der Waals surface area contributed by atoms with Gasteiger partial charge in [0.15, 0.2) is 0 Å². The summed E-state index contributed by atoms with van der Waals surface area (Å²) in [6.07, 6.45) is 3.67. The smallest absolute Gasteiger partial charge is 0.406 e. The van der Waals surface area contributed by atoms with Gasteiger partial charge in [-0.2, -0.15) is 0 Å². The minimum absolute atomic E-state index is 0.00486. The largest absolute Gasteiger partial charge is 0.469 e. The summed E-state index contributed by atoms with van der Waals surface area (Å²) in [7, 11) is 1.71. The summed E-state index contributed by atoms with van der Waals surface area (Å²) >= 11 is 0. The van der Waals surface area contributed by atoms with Crippen molar-refractivity contribution in [3.63, 3.8) is 0 Å². The minimum atomic E-state index is -0.498. The Morgan fingerprint density at radius 1 is 1.67 bits per heavy atom. The number of nitrogens with one attached hydrogen (secondary N) is 1. The molecule has 0 saturated heterocycles. The number of furan rings is 1. The van der Waals surface area contributed by atoms with Crippen LogP contribution >= 0.6 is 0 Å². The van der Waals surface area contributed by atoms with Crippen LogP contribution < -0.4 is 5.32 Å². The fourth-order valence-electron chi connectivity index (χ4n) is 1.73. The number of aromatic nitrogens is 2. The van der Waals surface area contributed by atoms with Crippen LogP contribution in [0.2, 0.25) is 0 Å². The van der Waals surface area contributed by atoms with Crippen molar-refractivity contribution in [1.29, 1.82) is 0 Å². The van der Waals surface area contributed by atoms with Crippen molar-refractivity contribution in [3.8, 4) is 0 Å². The molecule has 0 fully saturated rings. The summed E-state index contributed by atoms with van der Waals surface area (Å²) < 4.78 is 6.83. The average Bonchev–Trinajstić information content (AvgIpc) is 2.90. The quantitative estimate of drug-likeness (QED) is 0.647. The number of anilines is 1. The molecule has 0 aliphatic rings. The van der Waals surface area contributed by atoms with Crippen LogP contribution in [-0.2, 0) is 13.5 Å². The highest BCUT2D eigenvalue weighted by atomic mass is 16.6. The molecule has 7 heteroatoms. The SMILES string of the molecule is CC(Cc1ccco1)Nc1c([N+](=O)[O-])ncn1C. The monoisotopic (exact) mass is 250 g/mol. The van der Waals surface area contributed by atoms with E-state index in [9.17, 15) is 10.1 Å². The predicted molar refractivity (Wildman–Crippen MR) is 65.4 cm³/mol. The third-order valence-corrected chi connectivity index (χ3v) is 2.56. The highest BCUT2D eigenvalue weighted by Crippen LogP contribution is 2.22. The molecule has 0 spiro atoms. The van der Waals surface area contributed by atoms with E-state index >= 15 is 0 Å². The van der Waals surface area contributed by atoms with Crippen molar-refractivity contribution in [2.75, 3.05) is 5.32 Å². The van der Waals surface area contributed by atoms with Crippen LogP contribution in [0.25, 0.3) is 0 Å². The molecule has 0 saturated carbocycles. The Morgan fingerprint density at radius 3 is 3.06 bits per heavy atom. The van der Waals surface area contributed by atoms with Gasteiger partial charge in [0.1, 0.15) is 5.76 Å². The molecule has 1 unspecified atom stereocenters. The van der Waals surface area contributed by atoms with Gasteiger partial charge >= 0.3 is 5.82 Å². The van der Waals surface area contributed by atoms with Gasteiger partial charge in [-0.1, -0.05) is 0 Å². The van der Waals surface area contributed by atoms with Gasteiger partial charge in [-0.05, 0) is 29.0 Å². The van der Waals surface area contributed by atoms with Crippen molar-refractivity contribution in [3.05, 3.63) is 40.6 Å². The van der Waals surface area contributed by atoms with Crippen LogP contribution in [0.15, 0.2) is 29.1 Å². The van der Waals surface area contributed by atoms with Crippen LogP contribution in [0.4, 0.5) is 11.6 Å². The van der Waals surface area contributed by atoms with Crippen LogP contribution in [0.5, 0.6) is 0 Å². The number of hydrogen-bond donors (Lipinski definition) is 1. The van der Waals surface area contributed by atoms with E-state index in [4.69, 9.17) is 4.42 Å². The van der Waals surface area contributed by atoms with Gasteiger partial charge in [0.25, 0.3) is 0 Å². The van der Waals surface area contributed by atoms with Gasteiger partial charge in [0.2, 0.25) is 12.1 Å².